The fourth-order valence-electron chi connectivity index (χ4n) is 3.54. The van der Waals surface area contributed by atoms with E-state index in [0.29, 0.717) is 6.54 Å². The van der Waals surface area contributed by atoms with Gasteiger partial charge in [-0.2, -0.15) is 0 Å². The average molecular weight is 395 g/mol. The predicted octanol–water partition coefficient (Wildman–Crippen LogP) is 3.56. The zero-order valence-corrected chi connectivity index (χ0v) is 18.2. The molecule has 1 unspecified atom stereocenters. The van der Waals surface area contributed by atoms with Gasteiger partial charge >= 0.3 is 0 Å². The van der Waals surface area contributed by atoms with E-state index in [0.717, 1.165) is 37.1 Å². The molecule has 0 radical (unpaired) electrons. The number of hydrogen-bond acceptors (Lipinski definition) is 4. The number of pyridine rings is 1. The molecule has 6 nitrogen and oxygen atoms in total. The Labute approximate surface area is 175 Å². The van der Waals surface area contributed by atoms with Crippen LogP contribution in [0.25, 0.3) is 0 Å². The Hall–Kier alpha value is -2.76. The van der Waals surface area contributed by atoms with E-state index in [1.807, 2.05) is 37.2 Å². The van der Waals surface area contributed by atoms with Gasteiger partial charge < -0.3 is 20.4 Å². The summed E-state index contributed by atoms with van der Waals surface area (Å²) < 4.78 is 0. The predicted molar refractivity (Wildman–Crippen MR) is 123 cm³/mol. The molecule has 2 aromatic rings. The first-order chi connectivity index (χ1) is 14.1. The Morgan fingerprint density at radius 2 is 1.93 bits per heavy atom. The molecule has 0 spiro atoms. The molecule has 1 aliphatic heterocycles. The minimum absolute atomic E-state index is 0.163. The van der Waals surface area contributed by atoms with Crippen LogP contribution < -0.4 is 20.4 Å². The number of rotatable bonds is 7. The van der Waals surface area contributed by atoms with Crippen LogP contribution in [0.15, 0.2) is 47.5 Å². The van der Waals surface area contributed by atoms with Crippen LogP contribution in [0.5, 0.6) is 0 Å². The fourth-order valence-corrected chi connectivity index (χ4v) is 3.54. The van der Waals surface area contributed by atoms with E-state index >= 15 is 0 Å². The normalized spacial score (nSPS) is 15.3. The molecule has 3 rings (SSSR count). The maximum atomic E-state index is 4.75. The Morgan fingerprint density at radius 1 is 1.17 bits per heavy atom. The fraction of sp³-hybridized carbons (Fsp3) is 0.478. The molecular formula is C23H34N6. The highest BCUT2D eigenvalue weighted by Crippen LogP contribution is 2.24. The summed E-state index contributed by atoms with van der Waals surface area (Å²) >= 11 is 0. The molecule has 1 aromatic carbocycles. The number of anilines is 2. The highest BCUT2D eigenvalue weighted by Gasteiger charge is 2.14. The van der Waals surface area contributed by atoms with Crippen LogP contribution >= 0.6 is 0 Å². The van der Waals surface area contributed by atoms with Gasteiger partial charge in [-0.15, -0.1) is 0 Å². The second kappa shape index (κ2) is 10.1. The molecule has 1 aromatic heterocycles. The van der Waals surface area contributed by atoms with Crippen LogP contribution in [0, 0.1) is 0 Å². The smallest absolute Gasteiger partial charge is 0.192 e. The van der Waals surface area contributed by atoms with Gasteiger partial charge in [0.15, 0.2) is 5.96 Å². The van der Waals surface area contributed by atoms with Gasteiger partial charge in [0, 0.05) is 39.4 Å². The van der Waals surface area contributed by atoms with Crippen molar-refractivity contribution < 1.29 is 0 Å². The Morgan fingerprint density at radius 3 is 2.66 bits per heavy atom. The van der Waals surface area contributed by atoms with Crippen molar-refractivity contribution in [2.75, 3.05) is 43.5 Å². The van der Waals surface area contributed by atoms with Gasteiger partial charge in [0.2, 0.25) is 0 Å². The second-order valence-corrected chi connectivity index (χ2v) is 7.73. The average Bonchev–Trinajstić information content (AvgIpc) is 3.27. The number of benzene rings is 1. The first kappa shape index (κ1) is 21.0. The Bertz CT molecular complexity index is 811. The monoisotopic (exact) mass is 394 g/mol. The summed E-state index contributed by atoms with van der Waals surface area (Å²) in [6.45, 7) is 7.94. The molecule has 1 saturated heterocycles. The standard InChI is InChI=1S/C23H34N6/c1-5-24-23(25-17-20-11-9-13-22(27-20)28(3)4)26-18(2)19-10-8-12-21(16-19)29-14-6-7-15-29/h8-13,16,18H,5-7,14-15,17H2,1-4H3,(H2,24,25,26). The van der Waals surface area contributed by atoms with E-state index in [-0.39, 0.29) is 6.04 Å². The molecule has 2 N–H and O–H groups in total. The molecule has 2 heterocycles. The van der Waals surface area contributed by atoms with Gasteiger partial charge in [-0.05, 0) is 56.5 Å². The summed E-state index contributed by atoms with van der Waals surface area (Å²) in [6, 6.07) is 15.1. The van der Waals surface area contributed by atoms with Crippen molar-refractivity contribution in [2.24, 2.45) is 4.99 Å². The molecule has 1 atom stereocenters. The largest absolute Gasteiger partial charge is 0.372 e. The lowest BCUT2D eigenvalue weighted by atomic mass is 10.1. The minimum Gasteiger partial charge on any atom is -0.372 e. The van der Waals surface area contributed by atoms with Gasteiger partial charge in [0.05, 0.1) is 18.3 Å². The van der Waals surface area contributed by atoms with Crippen LogP contribution in [-0.2, 0) is 6.54 Å². The van der Waals surface area contributed by atoms with Gasteiger partial charge in [-0.25, -0.2) is 9.98 Å². The lowest BCUT2D eigenvalue weighted by Crippen LogP contribution is -2.38. The van der Waals surface area contributed by atoms with E-state index in [2.05, 4.69) is 58.6 Å². The topological polar surface area (TPSA) is 55.8 Å². The van der Waals surface area contributed by atoms with E-state index in [9.17, 15) is 0 Å². The first-order valence-electron chi connectivity index (χ1n) is 10.6. The summed E-state index contributed by atoms with van der Waals surface area (Å²) in [7, 11) is 4.00. The van der Waals surface area contributed by atoms with Crippen molar-refractivity contribution in [3.8, 4) is 0 Å². The Kier molecular flexibility index (Phi) is 7.33. The van der Waals surface area contributed by atoms with Crippen molar-refractivity contribution in [1.29, 1.82) is 0 Å². The van der Waals surface area contributed by atoms with Crippen LogP contribution in [0.4, 0.5) is 11.5 Å². The van der Waals surface area contributed by atoms with Gasteiger partial charge in [0.1, 0.15) is 5.82 Å². The third kappa shape index (κ3) is 5.86. The molecule has 0 bridgehead atoms. The maximum absolute atomic E-state index is 4.75. The molecule has 1 aliphatic rings. The van der Waals surface area contributed by atoms with E-state index in [4.69, 9.17) is 4.99 Å². The number of hydrogen-bond donors (Lipinski definition) is 2. The van der Waals surface area contributed by atoms with Crippen molar-refractivity contribution in [1.82, 2.24) is 15.6 Å². The molecule has 0 amide bonds. The number of nitrogens with zero attached hydrogens (tertiary/aromatic N) is 4. The number of guanidine groups is 1. The third-order valence-electron chi connectivity index (χ3n) is 5.19. The summed E-state index contributed by atoms with van der Waals surface area (Å²) in [5.41, 5.74) is 3.55. The molecular weight excluding hydrogens is 360 g/mol. The van der Waals surface area contributed by atoms with Crippen LogP contribution in [0.3, 0.4) is 0 Å². The van der Waals surface area contributed by atoms with E-state index in [1.165, 1.54) is 24.1 Å². The molecule has 6 heteroatoms. The zero-order chi connectivity index (χ0) is 20.6. The number of aliphatic imine (C=N–C) groups is 1. The van der Waals surface area contributed by atoms with E-state index in [1.54, 1.807) is 0 Å². The molecule has 0 saturated carbocycles. The van der Waals surface area contributed by atoms with Crippen molar-refractivity contribution in [3.05, 3.63) is 53.7 Å². The quantitative estimate of drug-likeness (QED) is 0.555. The van der Waals surface area contributed by atoms with Gasteiger partial charge in [-0.3, -0.25) is 0 Å². The van der Waals surface area contributed by atoms with Gasteiger partial charge in [-0.1, -0.05) is 18.2 Å². The Balaban J connectivity index is 1.68. The summed E-state index contributed by atoms with van der Waals surface area (Å²) in [5, 5.41) is 6.89. The van der Waals surface area contributed by atoms with Gasteiger partial charge in [0.25, 0.3) is 0 Å². The molecule has 156 valence electrons. The maximum Gasteiger partial charge on any atom is 0.192 e. The summed E-state index contributed by atoms with van der Waals surface area (Å²) in [5.74, 6) is 1.76. The summed E-state index contributed by atoms with van der Waals surface area (Å²) in [4.78, 5) is 13.9. The minimum atomic E-state index is 0.163. The number of aromatic nitrogens is 1. The lowest BCUT2D eigenvalue weighted by molar-refractivity contribution is 0.685. The van der Waals surface area contributed by atoms with Crippen LogP contribution in [-0.4, -0.2) is 44.7 Å². The molecule has 0 aliphatic carbocycles. The molecule has 1 fully saturated rings. The molecule has 29 heavy (non-hydrogen) atoms. The van der Waals surface area contributed by atoms with Crippen molar-refractivity contribution in [2.45, 2.75) is 39.3 Å². The highest BCUT2D eigenvalue weighted by molar-refractivity contribution is 5.80. The van der Waals surface area contributed by atoms with Crippen molar-refractivity contribution >= 4 is 17.5 Å². The third-order valence-corrected chi connectivity index (χ3v) is 5.19. The highest BCUT2D eigenvalue weighted by atomic mass is 15.2. The van der Waals surface area contributed by atoms with E-state index < -0.39 is 0 Å². The van der Waals surface area contributed by atoms with Crippen molar-refractivity contribution in [3.63, 3.8) is 0 Å². The first-order valence-corrected chi connectivity index (χ1v) is 10.6. The zero-order valence-electron chi connectivity index (χ0n) is 18.2. The van der Waals surface area contributed by atoms with Crippen LogP contribution in [0.2, 0.25) is 0 Å². The SMILES string of the molecule is CCNC(=NCc1cccc(N(C)C)n1)NC(C)c1cccc(N2CCCC2)c1. The summed E-state index contributed by atoms with van der Waals surface area (Å²) in [6.07, 6.45) is 2.58. The van der Waals surface area contributed by atoms with Crippen LogP contribution in [0.1, 0.15) is 44.0 Å². The second-order valence-electron chi connectivity index (χ2n) is 7.73. The lowest BCUT2D eigenvalue weighted by Gasteiger charge is -2.22. The number of nitrogens with one attached hydrogen (secondary N) is 2.